The second-order valence-corrected chi connectivity index (χ2v) is 8.78. The largest absolute Gasteiger partial charge is 0.497 e. The summed E-state index contributed by atoms with van der Waals surface area (Å²) in [6, 6.07) is 20.4. The van der Waals surface area contributed by atoms with Gasteiger partial charge in [0.15, 0.2) is 0 Å². The minimum atomic E-state index is -0.587. The van der Waals surface area contributed by atoms with E-state index in [1.165, 1.54) is 12.1 Å². The predicted molar refractivity (Wildman–Crippen MR) is 129 cm³/mol. The monoisotopic (exact) mass is 474 g/mol. The van der Waals surface area contributed by atoms with Gasteiger partial charge in [-0.15, -0.1) is 0 Å². The van der Waals surface area contributed by atoms with E-state index < -0.39 is 12.0 Å². The number of rotatable bonds is 5. The average molecular weight is 475 g/mol. The van der Waals surface area contributed by atoms with Crippen molar-refractivity contribution in [3.8, 4) is 5.75 Å². The van der Waals surface area contributed by atoms with E-state index in [0.717, 1.165) is 16.7 Å². The Morgan fingerprint density at radius 2 is 1.69 bits per heavy atom. The molecule has 0 aromatic heterocycles. The van der Waals surface area contributed by atoms with Gasteiger partial charge in [0.2, 0.25) is 5.91 Å². The van der Waals surface area contributed by atoms with Crippen LogP contribution in [0.4, 0.5) is 4.39 Å². The third-order valence-electron chi connectivity index (χ3n) is 6.75. The first-order valence-electron chi connectivity index (χ1n) is 11.7. The molecule has 2 atom stereocenters. The molecule has 2 amide bonds. The number of carbonyl (C=O) groups excluding carboxylic acids is 2. The van der Waals surface area contributed by atoms with Gasteiger partial charge in [0.25, 0.3) is 5.91 Å². The van der Waals surface area contributed by atoms with Crippen LogP contribution in [-0.4, -0.2) is 55.0 Å². The molecule has 1 fully saturated rings. The molecule has 3 aromatic carbocycles. The zero-order chi connectivity index (χ0) is 24.4. The van der Waals surface area contributed by atoms with Gasteiger partial charge in [-0.1, -0.05) is 42.5 Å². The minimum absolute atomic E-state index is 0.0295. The predicted octanol–water partition coefficient (Wildman–Crippen LogP) is 4.17. The number of hydrogen-bond acceptors (Lipinski definition) is 4. The zero-order valence-corrected chi connectivity index (χ0v) is 19.5. The molecule has 180 valence electrons. The minimum Gasteiger partial charge on any atom is -0.497 e. The lowest BCUT2D eigenvalue weighted by Crippen LogP contribution is -2.50. The van der Waals surface area contributed by atoms with E-state index in [1.54, 1.807) is 30.2 Å². The molecule has 2 heterocycles. The van der Waals surface area contributed by atoms with E-state index in [1.807, 2.05) is 47.4 Å². The highest BCUT2D eigenvalue weighted by molar-refractivity contribution is 6.01. The van der Waals surface area contributed by atoms with Crippen molar-refractivity contribution in [2.75, 3.05) is 33.4 Å². The Labute approximate surface area is 203 Å². The summed E-state index contributed by atoms with van der Waals surface area (Å²) in [4.78, 5) is 31.4. The zero-order valence-electron chi connectivity index (χ0n) is 19.5. The SMILES string of the molecule is COc1ccc([C@H]2[C@@H](C(=O)N3CCOCC3)c3ccccc3C(=O)N2Cc2ccc(F)cc2)cc1. The number of methoxy groups -OCH3 is 1. The molecule has 2 aliphatic heterocycles. The normalized spacial score (nSPS) is 19.9. The van der Waals surface area contributed by atoms with E-state index >= 15 is 0 Å². The molecule has 0 N–H and O–H groups in total. The van der Waals surface area contributed by atoms with Crippen LogP contribution >= 0.6 is 0 Å². The quantitative estimate of drug-likeness (QED) is 0.557. The van der Waals surface area contributed by atoms with Crippen LogP contribution < -0.4 is 4.74 Å². The van der Waals surface area contributed by atoms with Gasteiger partial charge >= 0.3 is 0 Å². The Morgan fingerprint density at radius 1 is 1.00 bits per heavy atom. The summed E-state index contributed by atoms with van der Waals surface area (Å²) >= 11 is 0. The van der Waals surface area contributed by atoms with Gasteiger partial charge in [-0.05, 0) is 47.0 Å². The molecule has 2 aliphatic rings. The summed E-state index contributed by atoms with van der Waals surface area (Å²) in [5, 5.41) is 0. The molecule has 0 bridgehead atoms. The van der Waals surface area contributed by atoms with Gasteiger partial charge in [-0.2, -0.15) is 0 Å². The number of fused-ring (bicyclic) bond motifs is 1. The van der Waals surface area contributed by atoms with Crippen LogP contribution in [-0.2, 0) is 16.1 Å². The summed E-state index contributed by atoms with van der Waals surface area (Å²) in [5.41, 5.74) is 2.87. The van der Waals surface area contributed by atoms with Crippen molar-refractivity contribution in [2.24, 2.45) is 0 Å². The van der Waals surface area contributed by atoms with E-state index in [0.29, 0.717) is 37.6 Å². The number of ether oxygens (including phenoxy) is 2. The fraction of sp³-hybridized carbons (Fsp3) is 0.286. The summed E-state index contributed by atoms with van der Waals surface area (Å²) < 4.78 is 24.4. The summed E-state index contributed by atoms with van der Waals surface area (Å²) in [5.74, 6) is -0.417. The number of morpholine rings is 1. The molecular weight excluding hydrogens is 447 g/mol. The fourth-order valence-electron chi connectivity index (χ4n) is 4.97. The third kappa shape index (κ3) is 4.51. The van der Waals surface area contributed by atoms with E-state index in [4.69, 9.17) is 9.47 Å². The molecule has 0 spiro atoms. The molecular formula is C28H27FN2O4. The van der Waals surface area contributed by atoms with Crippen LogP contribution in [0.15, 0.2) is 72.8 Å². The lowest BCUT2D eigenvalue weighted by molar-refractivity contribution is -0.138. The van der Waals surface area contributed by atoms with Crippen molar-refractivity contribution >= 4 is 11.8 Å². The van der Waals surface area contributed by atoms with Crippen molar-refractivity contribution < 1.29 is 23.5 Å². The smallest absolute Gasteiger partial charge is 0.255 e. The first kappa shape index (κ1) is 23.1. The second kappa shape index (κ2) is 9.88. The molecule has 0 aliphatic carbocycles. The van der Waals surface area contributed by atoms with Gasteiger partial charge < -0.3 is 19.3 Å². The first-order chi connectivity index (χ1) is 17.1. The average Bonchev–Trinajstić information content (AvgIpc) is 2.91. The molecule has 0 unspecified atom stereocenters. The van der Waals surface area contributed by atoms with Crippen LogP contribution in [0.5, 0.6) is 5.75 Å². The maximum Gasteiger partial charge on any atom is 0.255 e. The van der Waals surface area contributed by atoms with E-state index in [9.17, 15) is 14.0 Å². The van der Waals surface area contributed by atoms with E-state index in [-0.39, 0.29) is 24.2 Å². The summed E-state index contributed by atoms with van der Waals surface area (Å²) in [7, 11) is 1.60. The highest BCUT2D eigenvalue weighted by atomic mass is 19.1. The number of amides is 2. The summed E-state index contributed by atoms with van der Waals surface area (Å²) in [6.45, 7) is 2.26. The molecule has 1 saturated heterocycles. The van der Waals surface area contributed by atoms with Gasteiger partial charge in [0.05, 0.1) is 32.3 Å². The Balaban J connectivity index is 1.64. The number of nitrogens with zero attached hydrogens (tertiary/aromatic N) is 2. The first-order valence-corrected chi connectivity index (χ1v) is 11.7. The van der Waals surface area contributed by atoms with Crippen LogP contribution in [0.3, 0.4) is 0 Å². The van der Waals surface area contributed by atoms with Crippen molar-refractivity contribution in [2.45, 2.75) is 18.5 Å². The Kier molecular flexibility index (Phi) is 6.51. The molecule has 0 radical (unpaired) electrons. The maximum atomic E-state index is 14.0. The molecule has 6 nitrogen and oxygen atoms in total. The number of halogens is 1. The second-order valence-electron chi connectivity index (χ2n) is 8.78. The van der Waals surface area contributed by atoms with Crippen molar-refractivity contribution in [1.29, 1.82) is 0 Å². The topological polar surface area (TPSA) is 59.1 Å². The maximum absolute atomic E-state index is 14.0. The van der Waals surface area contributed by atoms with Crippen LogP contribution in [0.2, 0.25) is 0 Å². The van der Waals surface area contributed by atoms with Crippen LogP contribution in [0.1, 0.15) is 39.0 Å². The Hall–Kier alpha value is -3.71. The third-order valence-corrected chi connectivity index (χ3v) is 6.75. The van der Waals surface area contributed by atoms with Crippen LogP contribution in [0.25, 0.3) is 0 Å². The Morgan fingerprint density at radius 3 is 2.37 bits per heavy atom. The van der Waals surface area contributed by atoms with Crippen LogP contribution in [0, 0.1) is 5.82 Å². The molecule has 3 aromatic rings. The van der Waals surface area contributed by atoms with Crippen molar-refractivity contribution in [1.82, 2.24) is 9.80 Å². The number of benzene rings is 3. The Bertz CT molecular complexity index is 1210. The lowest BCUT2D eigenvalue weighted by atomic mass is 9.78. The highest BCUT2D eigenvalue weighted by Crippen LogP contribution is 2.44. The highest BCUT2D eigenvalue weighted by Gasteiger charge is 2.45. The molecule has 5 rings (SSSR count). The van der Waals surface area contributed by atoms with Crippen molar-refractivity contribution in [3.63, 3.8) is 0 Å². The van der Waals surface area contributed by atoms with Gasteiger partial charge in [-0.3, -0.25) is 9.59 Å². The number of hydrogen-bond donors (Lipinski definition) is 0. The van der Waals surface area contributed by atoms with Gasteiger partial charge in [0.1, 0.15) is 11.6 Å². The number of carbonyl (C=O) groups is 2. The van der Waals surface area contributed by atoms with E-state index in [2.05, 4.69) is 0 Å². The molecule has 7 heteroatoms. The molecule has 35 heavy (non-hydrogen) atoms. The van der Waals surface area contributed by atoms with Crippen molar-refractivity contribution in [3.05, 3.63) is 101 Å². The fourth-order valence-corrected chi connectivity index (χ4v) is 4.97. The van der Waals surface area contributed by atoms with Gasteiger partial charge in [-0.25, -0.2) is 4.39 Å². The standard InChI is InChI=1S/C28H27FN2O4/c1-34-22-12-8-20(9-13-22)26-25(28(33)30-14-16-35-17-15-30)23-4-2-3-5-24(23)27(32)31(26)18-19-6-10-21(29)11-7-19/h2-13,25-26H,14-18H2,1H3/t25-,26-/m0/s1. The van der Waals surface area contributed by atoms with Gasteiger partial charge in [0, 0.05) is 25.2 Å². The lowest BCUT2D eigenvalue weighted by Gasteiger charge is -2.44. The summed E-state index contributed by atoms with van der Waals surface area (Å²) in [6.07, 6.45) is 0. The molecule has 0 saturated carbocycles.